The number of H-pyrrole nitrogens is 1. The Labute approximate surface area is 184 Å². The van der Waals surface area contributed by atoms with Crippen LogP contribution in [0.3, 0.4) is 0 Å². The number of amides is 1. The van der Waals surface area contributed by atoms with Gasteiger partial charge in [0.2, 0.25) is 0 Å². The number of aromatic nitrogens is 1. The smallest absolute Gasteiger partial charge is 0.266 e. The molecular formula is C25H18ClN3O2. The molecule has 4 rings (SSSR count). The fourth-order valence-corrected chi connectivity index (χ4v) is 3.53. The lowest BCUT2D eigenvalue weighted by molar-refractivity contribution is -0.112. The van der Waals surface area contributed by atoms with Crippen molar-refractivity contribution in [1.29, 1.82) is 5.26 Å². The molecule has 0 bridgehead atoms. The van der Waals surface area contributed by atoms with Crippen LogP contribution < -0.4 is 10.1 Å². The summed E-state index contributed by atoms with van der Waals surface area (Å²) in [7, 11) is 1.60. The maximum absolute atomic E-state index is 12.8. The number of hydrogen-bond donors (Lipinski definition) is 2. The number of benzene rings is 3. The molecule has 4 aromatic rings. The highest BCUT2D eigenvalue weighted by Crippen LogP contribution is 2.34. The molecular weight excluding hydrogens is 410 g/mol. The number of hydrogen-bond acceptors (Lipinski definition) is 3. The first-order valence-corrected chi connectivity index (χ1v) is 9.91. The molecule has 1 amide bonds. The number of nitrogens with one attached hydrogen (secondary N) is 2. The zero-order chi connectivity index (χ0) is 21.8. The van der Waals surface area contributed by atoms with Gasteiger partial charge in [0.1, 0.15) is 17.4 Å². The lowest BCUT2D eigenvalue weighted by Crippen LogP contribution is -2.13. The van der Waals surface area contributed by atoms with Gasteiger partial charge in [0.05, 0.1) is 23.5 Å². The lowest BCUT2D eigenvalue weighted by atomic mass is 10.0. The molecule has 5 nitrogen and oxygen atoms in total. The van der Waals surface area contributed by atoms with Crippen molar-refractivity contribution >= 4 is 40.2 Å². The third kappa shape index (κ3) is 4.16. The molecule has 2 N–H and O–H groups in total. The standard InChI is InChI=1S/C25H18ClN3O2/c1-31-18-11-12-22-19(14-18)20(24(28-22)16-7-3-2-4-8-16)13-17(15-27)25(30)29-23-10-6-5-9-21(23)26/h2-14,28H,1H3,(H,29,30)/b17-13+. The maximum Gasteiger partial charge on any atom is 0.266 e. The Balaban J connectivity index is 1.84. The molecule has 0 saturated heterocycles. The first-order chi connectivity index (χ1) is 15.1. The van der Waals surface area contributed by atoms with E-state index < -0.39 is 5.91 Å². The molecule has 3 aromatic carbocycles. The number of anilines is 1. The third-order valence-corrected chi connectivity index (χ3v) is 5.21. The number of carbonyl (C=O) groups excluding carboxylic acids is 1. The Morgan fingerprint density at radius 2 is 1.84 bits per heavy atom. The molecule has 31 heavy (non-hydrogen) atoms. The number of carbonyl (C=O) groups is 1. The molecule has 0 aliphatic rings. The van der Waals surface area contributed by atoms with Gasteiger partial charge < -0.3 is 15.0 Å². The van der Waals surface area contributed by atoms with Crippen molar-refractivity contribution in [3.8, 4) is 23.1 Å². The second kappa shape index (κ2) is 8.78. The van der Waals surface area contributed by atoms with E-state index >= 15 is 0 Å². The summed E-state index contributed by atoms with van der Waals surface area (Å²) < 4.78 is 5.37. The molecule has 0 atom stereocenters. The molecule has 0 saturated carbocycles. The largest absolute Gasteiger partial charge is 0.497 e. The van der Waals surface area contributed by atoms with Crippen LogP contribution in [0, 0.1) is 11.3 Å². The van der Waals surface area contributed by atoms with Gasteiger partial charge in [-0.1, -0.05) is 54.1 Å². The van der Waals surface area contributed by atoms with Crippen LogP contribution >= 0.6 is 11.6 Å². The van der Waals surface area contributed by atoms with E-state index in [0.29, 0.717) is 16.5 Å². The number of ether oxygens (including phenoxy) is 1. The van der Waals surface area contributed by atoms with E-state index in [-0.39, 0.29) is 5.57 Å². The molecule has 0 radical (unpaired) electrons. The average molecular weight is 428 g/mol. The van der Waals surface area contributed by atoms with Gasteiger partial charge in [-0.2, -0.15) is 5.26 Å². The van der Waals surface area contributed by atoms with E-state index in [0.717, 1.165) is 27.7 Å². The predicted octanol–water partition coefficient (Wildman–Crippen LogP) is 6.04. The summed E-state index contributed by atoms with van der Waals surface area (Å²) in [6, 6.07) is 24.3. The number of fused-ring (bicyclic) bond motifs is 1. The fourth-order valence-electron chi connectivity index (χ4n) is 3.35. The Morgan fingerprint density at radius 3 is 2.55 bits per heavy atom. The second-order valence-corrected chi connectivity index (χ2v) is 7.20. The van der Waals surface area contributed by atoms with E-state index in [1.165, 1.54) is 0 Å². The predicted molar refractivity (Wildman–Crippen MR) is 124 cm³/mol. The Morgan fingerprint density at radius 1 is 1.10 bits per heavy atom. The summed E-state index contributed by atoms with van der Waals surface area (Å²) in [5.74, 6) is 0.145. The summed E-state index contributed by atoms with van der Waals surface area (Å²) in [6.45, 7) is 0. The molecule has 0 spiro atoms. The topological polar surface area (TPSA) is 77.9 Å². The molecule has 0 aliphatic heterocycles. The number of aromatic amines is 1. The molecule has 0 unspecified atom stereocenters. The van der Waals surface area contributed by atoms with E-state index in [2.05, 4.69) is 10.3 Å². The SMILES string of the molecule is COc1ccc2[nH]c(-c3ccccc3)c(/C=C(\C#N)C(=O)Nc3ccccc3Cl)c2c1. The summed E-state index contributed by atoms with van der Waals surface area (Å²) in [5, 5.41) is 13.7. The van der Waals surface area contributed by atoms with Gasteiger partial charge in [0, 0.05) is 16.5 Å². The minimum Gasteiger partial charge on any atom is -0.497 e. The van der Waals surface area contributed by atoms with Gasteiger partial charge in [0.25, 0.3) is 5.91 Å². The number of halogens is 1. The molecule has 0 aliphatic carbocycles. The fraction of sp³-hybridized carbons (Fsp3) is 0.0400. The van der Waals surface area contributed by atoms with Gasteiger partial charge in [-0.3, -0.25) is 4.79 Å². The highest BCUT2D eigenvalue weighted by atomic mass is 35.5. The van der Waals surface area contributed by atoms with Gasteiger partial charge in [-0.05, 0) is 42.0 Å². The molecule has 6 heteroatoms. The van der Waals surface area contributed by atoms with Crippen LogP contribution in [-0.2, 0) is 4.79 Å². The van der Waals surface area contributed by atoms with Crippen molar-refractivity contribution in [2.24, 2.45) is 0 Å². The number of nitrogens with zero attached hydrogens (tertiary/aromatic N) is 1. The first-order valence-electron chi connectivity index (χ1n) is 9.53. The Kier molecular flexibility index (Phi) is 5.74. The minimum absolute atomic E-state index is 0.0409. The van der Waals surface area contributed by atoms with E-state index in [4.69, 9.17) is 16.3 Å². The van der Waals surface area contributed by atoms with E-state index in [9.17, 15) is 10.1 Å². The highest BCUT2D eigenvalue weighted by molar-refractivity contribution is 6.34. The number of para-hydroxylation sites is 1. The normalized spacial score (nSPS) is 11.2. The summed E-state index contributed by atoms with van der Waals surface area (Å²) in [5.41, 5.74) is 3.75. The van der Waals surface area contributed by atoms with Gasteiger partial charge >= 0.3 is 0 Å². The summed E-state index contributed by atoms with van der Waals surface area (Å²) >= 11 is 6.14. The number of methoxy groups -OCH3 is 1. The van der Waals surface area contributed by atoms with Crippen molar-refractivity contribution in [2.75, 3.05) is 12.4 Å². The van der Waals surface area contributed by atoms with Crippen LogP contribution in [0.25, 0.3) is 28.2 Å². The second-order valence-electron chi connectivity index (χ2n) is 6.80. The van der Waals surface area contributed by atoms with Crippen LogP contribution in [-0.4, -0.2) is 18.0 Å². The van der Waals surface area contributed by atoms with Crippen molar-refractivity contribution < 1.29 is 9.53 Å². The van der Waals surface area contributed by atoms with Crippen LogP contribution in [0.1, 0.15) is 5.56 Å². The Bertz CT molecular complexity index is 1330. The van der Waals surface area contributed by atoms with Crippen molar-refractivity contribution in [2.45, 2.75) is 0 Å². The zero-order valence-electron chi connectivity index (χ0n) is 16.6. The maximum atomic E-state index is 12.8. The highest BCUT2D eigenvalue weighted by Gasteiger charge is 2.17. The van der Waals surface area contributed by atoms with Crippen LogP contribution in [0.2, 0.25) is 5.02 Å². The van der Waals surface area contributed by atoms with E-state index in [1.54, 1.807) is 37.5 Å². The first kappa shape index (κ1) is 20.3. The minimum atomic E-state index is -0.535. The molecule has 152 valence electrons. The van der Waals surface area contributed by atoms with E-state index in [1.807, 2.05) is 54.6 Å². The average Bonchev–Trinajstić information content (AvgIpc) is 3.16. The zero-order valence-corrected chi connectivity index (χ0v) is 17.4. The van der Waals surface area contributed by atoms with Crippen molar-refractivity contribution in [1.82, 2.24) is 4.98 Å². The van der Waals surface area contributed by atoms with Gasteiger partial charge in [-0.25, -0.2) is 0 Å². The van der Waals surface area contributed by atoms with Gasteiger partial charge in [0.15, 0.2) is 0 Å². The number of rotatable bonds is 5. The lowest BCUT2D eigenvalue weighted by Gasteiger charge is -2.07. The summed E-state index contributed by atoms with van der Waals surface area (Å²) in [6.07, 6.45) is 1.59. The summed E-state index contributed by atoms with van der Waals surface area (Å²) in [4.78, 5) is 16.2. The molecule has 1 aromatic heterocycles. The monoisotopic (exact) mass is 427 g/mol. The van der Waals surface area contributed by atoms with Crippen LogP contribution in [0.4, 0.5) is 5.69 Å². The third-order valence-electron chi connectivity index (χ3n) is 4.88. The van der Waals surface area contributed by atoms with Crippen molar-refractivity contribution in [3.63, 3.8) is 0 Å². The molecule has 0 fully saturated rings. The molecule has 1 heterocycles. The number of nitriles is 1. The quantitative estimate of drug-likeness (QED) is 0.301. The van der Waals surface area contributed by atoms with Crippen LogP contribution in [0.15, 0.2) is 78.4 Å². The van der Waals surface area contributed by atoms with Crippen LogP contribution in [0.5, 0.6) is 5.75 Å². The Hall–Kier alpha value is -4.01. The van der Waals surface area contributed by atoms with Gasteiger partial charge in [-0.15, -0.1) is 0 Å². The van der Waals surface area contributed by atoms with Crippen molar-refractivity contribution in [3.05, 3.63) is 89.0 Å².